The van der Waals surface area contributed by atoms with Crippen LogP contribution < -0.4 is 5.46 Å². The Labute approximate surface area is 445 Å². The summed E-state index contributed by atoms with van der Waals surface area (Å²) in [4.78, 5) is 0. The maximum absolute atomic E-state index is 6.34. The van der Waals surface area contributed by atoms with Crippen molar-refractivity contribution in [2.75, 3.05) is 0 Å². The number of fused-ring (bicyclic) bond motifs is 12. The van der Waals surface area contributed by atoms with Gasteiger partial charge in [0.1, 0.15) is 0 Å². The van der Waals surface area contributed by atoms with Gasteiger partial charge in [-0.2, -0.15) is 0 Å². The zero-order valence-corrected chi connectivity index (χ0v) is 47.0. The quantitative estimate of drug-likeness (QED) is 0.127. The second-order valence-electron chi connectivity index (χ2n) is 25.4. The zero-order valence-electron chi connectivity index (χ0n) is 46.3. The fraction of sp³-hybridized carbons (Fsp3) is 0.375. The van der Waals surface area contributed by atoms with E-state index in [1.165, 1.54) is 87.6 Å². The van der Waals surface area contributed by atoms with Crippen LogP contribution in [-0.2, 0) is 38.8 Å². The van der Waals surface area contributed by atoms with Gasteiger partial charge in [-0.1, -0.05) is 136 Å². The SMILES string of the molecule is CC1(C)OB(B2OC(C)(C)C(C)(C)O2)OC1(C)C.CC1(C)c2ccccc2-c2cc3ccc4ccc(B5OC(C)(C)C(C)(C)O5)cc4c3cc21.CC1(C)c2ccccc2-c2cc3ccc4ccc(Cl)cc4c3cc21. The van der Waals surface area contributed by atoms with Crippen LogP contribution in [0.2, 0.25) is 5.02 Å². The fourth-order valence-electron chi connectivity index (χ4n) is 11.6. The molecule has 10 heteroatoms. The monoisotopic (exact) mass is 1000 g/mol. The molecule has 8 aromatic carbocycles. The van der Waals surface area contributed by atoms with Crippen molar-refractivity contribution < 1.29 is 27.9 Å². The van der Waals surface area contributed by atoms with Crippen LogP contribution in [0.4, 0.5) is 0 Å². The van der Waals surface area contributed by atoms with E-state index < -0.39 is 14.0 Å². The van der Waals surface area contributed by atoms with Gasteiger partial charge in [-0.3, -0.25) is 0 Å². The lowest BCUT2D eigenvalue weighted by atomic mass is 9.49. The van der Waals surface area contributed by atoms with Crippen LogP contribution in [-0.4, -0.2) is 54.7 Å². The van der Waals surface area contributed by atoms with E-state index in [1.54, 1.807) is 0 Å². The Morgan fingerprint density at radius 3 is 1.08 bits per heavy atom. The molecule has 13 rings (SSSR count). The van der Waals surface area contributed by atoms with Gasteiger partial charge in [-0.05, 0) is 213 Å². The minimum atomic E-state index is -0.476. The van der Waals surface area contributed by atoms with Gasteiger partial charge in [0.25, 0.3) is 0 Å². The molecule has 0 N–H and O–H groups in total. The number of hydrogen-bond acceptors (Lipinski definition) is 6. The van der Waals surface area contributed by atoms with Crippen LogP contribution >= 0.6 is 11.6 Å². The molecule has 0 aromatic heterocycles. The van der Waals surface area contributed by atoms with Crippen LogP contribution in [0.5, 0.6) is 0 Å². The van der Waals surface area contributed by atoms with Crippen molar-refractivity contribution in [3.63, 3.8) is 0 Å². The third-order valence-corrected chi connectivity index (χ3v) is 18.6. The van der Waals surface area contributed by atoms with Crippen molar-refractivity contribution in [1.82, 2.24) is 0 Å². The Kier molecular flexibility index (Phi) is 11.8. The Balaban J connectivity index is 0.000000125. The maximum Gasteiger partial charge on any atom is 0.494 e. The van der Waals surface area contributed by atoms with Crippen molar-refractivity contribution in [2.45, 2.75) is 155 Å². The molecule has 378 valence electrons. The highest BCUT2D eigenvalue weighted by Gasteiger charge is 2.64. The molecule has 0 unspecified atom stereocenters. The highest BCUT2D eigenvalue weighted by atomic mass is 35.5. The molecule has 3 aliphatic heterocycles. The van der Waals surface area contributed by atoms with Crippen LogP contribution in [0, 0.1) is 0 Å². The van der Waals surface area contributed by atoms with Crippen LogP contribution in [0.1, 0.15) is 133 Å². The average Bonchev–Trinajstić information content (AvgIpc) is 3.96. The molecule has 8 aromatic rings. The molecule has 74 heavy (non-hydrogen) atoms. The molecule has 0 radical (unpaired) electrons. The summed E-state index contributed by atoms with van der Waals surface area (Å²) in [5.74, 6) is 0. The molecule has 3 saturated heterocycles. The van der Waals surface area contributed by atoms with E-state index in [4.69, 9.17) is 39.5 Å². The molecule has 3 heterocycles. The van der Waals surface area contributed by atoms with Gasteiger partial charge in [-0.15, -0.1) is 0 Å². The number of benzene rings is 8. The van der Waals surface area contributed by atoms with E-state index in [1.807, 2.05) is 61.5 Å². The van der Waals surface area contributed by atoms with E-state index in [-0.39, 0.29) is 51.6 Å². The van der Waals surface area contributed by atoms with Gasteiger partial charge >= 0.3 is 21.1 Å². The predicted octanol–water partition coefficient (Wildman–Crippen LogP) is 15.8. The average molecular weight is 1000 g/mol. The molecular weight excluding hydrogens is 933 g/mol. The van der Waals surface area contributed by atoms with Gasteiger partial charge in [0, 0.05) is 15.9 Å². The van der Waals surface area contributed by atoms with Crippen molar-refractivity contribution in [1.29, 1.82) is 0 Å². The molecular formula is C64H70B3ClO6. The summed E-state index contributed by atoms with van der Waals surface area (Å²) < 4.78 is 36.5. The first-order valence-electron chi connectivity index (χ1n) is 26.5. The summed E-state index contributed by atoms with van der Waals surface area (Å²) >= 11 is 6.27. The Morgan fingerprint density at radius 1 is 0.311 bits per heavy atom. The number of hydrogen-bond donors (Lipinski definition) is 0. The van der Waals surface area contributed by atoms with Crippen molar-refractivity contribution in [2.24, 2.45) is 0 Å². The van der Waals surface area contributed by atoms with E-state index in [9.17, 15) is 0 Å². The zero-order chi connectivity index (χ0) is 52.9. The Bertz CT molecular complexity index is 3510. The second kappa shape index (κ2) is 17.0. The third kappa shape index (κ3) is 8.10. The lowest BCUT2D eigenvalue weighted by Gasteiger charge is -2.32. The Hall–Kier alpha value is -4.96. The third-order valence-electron chi connectivity index (χ3n) is 18.4. The van der Waals surface area contributed by atoms with Crippen LogP contribution in [0.25, 0.3) is 65.3 Å². The van der Waals surface area contributed by atoms with Gasteiger partial charge < -0.3 is 27.9 Å². The number of halogens is 1. The summed E-state index contributed by atoms with van der Waals surface area (Å²) in [6, 6.07) is 48.8. The van der Waals surface area contributed by atoms with Gasteiger partial charge in [-0.25, -0.2) is 0 Å². The fourth-order valence-corrected chi connectivity index (χ4v) is 11.8. The first-order valence-corrected chi connectivity index (χ1v) is 26.8. The summed E-state index contributed by atoms with van der Waals surface area (Å²) in [6.45, 7) is 33.9. The first-order chi connectivity index (χ1) is 34.5. The molecule has 6 nitrogen and oxygen atoms in total. The van der Waals surface area contributed by atoms with Gasteiger partial charge in [0.05, 0.1) is 33.6 Å². The summed E-state index contributed by atoms with van der Waals surface area (Å²) in [5, 5.41) is 10.9. The predicted molar refractivity (Wildman–Crippen MR) is 311 cm³/mol. The highest BCUT2D eigenvalue weighted by molar-refractivity contribution is 7.11. The maximum atomic E-state index is 6.34. The highest BCUT2D eigenvalue weighted by Crippen LogP contribution is 2.52. The van der Waals surface area contributed by atoms with Crippen LogP contribution in [0.15, 0.2) is 133 Å². The minimum absolute atomic E-state index is 0.00832. The lowest BCUT2D eigenvalue weighted by molar-refractivity contribution is 0.00578. The van der Waals surface area contributed by atoms with E-state index in [0.717, 1.165) is 10.5 Å². The lowest BCUT2D eigenvalue weighted by Crippen LogP contribution is -2.41. The summed E-state index contributed by atoms with van der Waals surface area (Å²) in [6.07, 6.45) is 0. The minimum Gasteiger partial charge on any atom is -0.405 e. The molecule has 0 atom stereocenters. The molecule has 0 amide bonds. The molecule has 5 aliphatic rings. The van der Waals surface area contributed by atoms with E-state index in [0.29, 0.717) is 0 Å². The first kappa shape index (κ1) is 51.2. The van der Waals surface area contributed by atoms with Crippen molar-refractivity contribution >= 4 is 81.3 Å². The molecule has 0 saturated carbocycles. The van der Waals surface area contributed by atoms with E-state index in [2.05, 4.69) is 183 Å². The molecule has 0 spiro atoms. The smallest absolute Gasteiger partial charge is 0.405 e. The van der Waals surface area contributed by atoms with Gasteiger partial charge in [0.15, 0.2) is 0 Å². The molecule has 2 aliphatic carbocycles. The molecule has 0 bridgehead atoms. The van der Waals surface area contributed by atoms with Crippen molar-refractivity contribution in [3.8, 4) is 22.3 Å². The second-order valence-corrected chi connectivity index (χ2v) is 25.8. The Morgan fingerprint density at radius 2 is 0.649 bits per heavy atom. The molecule has 3 fully saturated rings. The number of rotatable bonds is 2. The normalized spacial score (nSPS) is 21.2. The topological polar surface area (TPSA) is 55.4 Å². The van der Waals surface area contributed by atoms with E-state index >= 15 is 0 Å². The standard InChI is InChI=1S/C29H29BO2.C23H17Cl.C12H24B2O4/c1-27(2)25-10-8-7-9-21(25)24-15-19-12-11-18-13-14-20(16-22(18)23(19)17-26(24)27)30-31-28(3,4)29(5,6)32-30;1-23(2)21-6-4-3-5-17(21)20-11-15-8-7-14-9-10-16(24)12-18(14)19(15)13-22(20)23;1-9(2)10(3,4)16-13(15-9)14-17-11(5,6)12(7,8)18-14/h7-17H,1-6H3;3-13H,1-2H3;1-8H3. The summed E-state index contributed by atoms with van der Waals surface area (Å²) in [5.41, 5.74) is 10.1. The van der Waals surface area contributed by atoms with Crippen molar-refractivity contribution in [3.05, 3.63) is 161 Å². The van der Waals surface area contributed by atoms with Gasteiger partial charge in [0.2, 0.25) is 0 Å². The summed E-state index contributed by atoms with van der Waals surface area (Å²) in [7, 11) is -1.30. The largest absolute Gasteiger partial charge is 0.494 e. The van der Waals surface area contributed by atoms with Crippen LogP contribution in [0.3, 0.4) is 0 Å².